The topological polar surface area (TPSA) is 38.0 Å². The summed E-state index contributed by atoms with van der Waals surface area (Å²) in [5.74, 6) is 0. The lowest BCUT2D eigenvalue weighted by Crippen LogP contribution is -2.19. The van der Waals surface area contributed by atoms with Gasteiger partial charge in [0.1, 0.15) is 0 Å². The van der Waals surface area contributed by atoms with E-state index in [2.05, 4.69) is 24.4 Å². The Morgan fingerprint density at radius 3 is 1.65 bits per heavy atom. The van der Waals surface area contributed by atoms with Crippen molar-refractivity contribution in [2.75, 3.05) is 19.6 Å². The minimum Gasteiger partial charge on any atom is -0.330 e. The van der Waals surface area contributed by atoms with Crippen molar-refractivity contribution >= 4 is 0 Å². The molecule has 0 fully saturated rings. The molecule has 0 amide bonds. The van der Waals surface area contributed by atoms with Crippen LogP contribution in [0.15, 0.2) is 12.2 Å². The molecule has 0 spiro atoms. The Balaban J connectivity index is 3.02. The van der Waals surface area contributed by atoms with Crippen LogP contribution in [0.25, 0.3) is 0 Å². The summed E-state index contributed by atoms with van der Waals surface area (Å²) >= 11 is 0. The number of rotatable bonds is 19. The zero-order chi connectivity index (χ0) is 16.8. The molecule has 0 saturated carbocycles. The van der Waals surface area contributed by atoms with Gasteiger partial charge in [0.25, 0.3) is 0 Å². The van der Waals surface area contributed by atoms with Crippen molar-refractivity contribution < 1.29 is 0 Å². The van der Waals surface area contributed by atoms with E-state index in [4.69, 9.17) is 5.73 Å². The summed E-state index contributed by atoms with van der Waals surface area (Å²) in [6.07, 6.45) is 25.3. The summed E-state index contributed by atoms with van der Waals surface area (Å²) < 4.78 is 0. The Labute approximate surface area is 146 Å². The summed E-state index contributed by atoms with van der Waals surface area (Å²) in [7, 11) is 0. The van der Waals surface area contributed by atoms with Crippen molar-refractivity contribution in [3.63, 3.8) is 0 Å². The molecular weight excluding hydrogens is 280 g/mol. The highest BCUT2D eigenvalue weighted by atomic mass is 14.8. The van der Waals surface area contributed by atoms with Gasteiger partial charge in [-0.3, -0.25) is 0 Å². The van der Waals surface area contributed by atoms with Crippen LogP contribution < -0.4 is 11.1 Å². The lowest BCUT2D eigenvalue weighted by Gasteiger charge is -2.03. The Morgan fingerprint density at radius 2 is 1.09 bits per heavy atom. The van der Waals surface area contributed by atoms with Crippen LogP contribution in [0, 0.1) is 0 Å². The van der Waals surface area contributed by atoms with Gasteiger partial charge in [-0.15, -0.1) is 0 Å². The first kappa shape index (κ1) is 22.7. The number of unbranched alkanes of at least 4 members (excludes halogenated alkanes) is 12. The molecule has 138 valence electrons. The fourth-order valence-electron chi connectivity index (χ4n) is 2.85. The molecule has 0 radical (unpaired) electrons. The van der Waals surface area contributed by atoms with E-state index < -0.39 is 0 Å². The summed E-state index contributed by atoms with van der Waals surface area (Å²) in [6.45, 7) is 5.34. The van der Waals surface area contributed by atoms with Gasteiger partial charge >= 0.3 is 0 Å². The molecule has 0 unspecified atom stereocenters. The summed E-state index contributed by atoms with van der Waals surface area (Å²) in [5, 5.41) is 3.45. The first-order valence-electron chi connectivity index (χ1n) is 10.5. The van der Waals surface area contributed by atoms with Gasteiger partial charge in [0.15, 0.2) is 0 Å². The van der Waals surface area contributed by atoms with Gasteiger partial charge in [-0.1, -0.05) is 76.9 Å². The summed E-state index contributed by atoms with van der Waals surface area (Å²) in [6, 6.07) is 0. The van der Waals surface area contributed by atoms with E-state index in [1.165, 1.54) is 96.4 Å². The maximum absolute atomic E-state index is 5.46. The van der Waals surface area contributed by atoms with Gasteiger partial charge in [-0.25, -0.2) is 0 Å². The quantitative estimate of drug-likeness (QED) is 0.227. The van der Waals surface area contributed by atoms with E-state index in [0.717, 1.165) is 19.5 Å². The van der Waals surface area contributed by atoms with Crippen molar-refractivity contribution in [2.24, 2.45) is 5.73 Å². The third-order valence-electron chi connectivity index (χ3n) is 4.42. The van der Waals surface area contributed by atoms with Crippen LogP contribution in [0.4, 0.5) is 0 Å². The Bertz CT molecular complexity index is 226. The van der Waals surface area contributed by atoms with Crippen LogP contribution in [0.1, 0.15) is 103 Å². The lowest BCUT2D eigenvalue weighted by atomic mass is 10.1. The Hall–Kier alpha value is -0.340. The molecule has 0 aliphatic rings. The van der Waals surface area contributed by atoms with Gasteiger partial charge in [0, 0.05) is 0 Å². The first-order chi connectivity index (χ1) is 11.4. The molecule has 2 nitrogen and oxygen atoms in total. The highest BCUT2D eigenvalue weighted by molar-refractivity contribution is 4.81. The SMILES string of the molecule is CCCCCCCCC=CCCCCCCCCNCCCN. The van der Waals surface area contributed by atoms with Crippen LogP contribution in [0.5, 0.6) is 0 Å². The van der Waals surface area contributed by atoms with Crippen LogP contribution >= 0.6 is 0 Å². The van der Waals surface area contributed by atoms with Crippen molar-refractivity contribution in [2.45, 2.75) is 103 Å². The molecule has 3 N–H and O–H groups in total. The van der Waals surface area contributed by atoms with Crippen molar-refractivity contribution in [1.29, 1.82) is 0 Å². The molecular formula is C21H44N2. The minimum absolute atomic E-state index is 0.806. The van der Waals surface area contributed by atoms with E-state index in [1.54, 1.807) is 0 Å². The van der Waals surface area contributed by atoms with Crippen LogP contribution in [-0.4, -0.2) is 19.6 Å². The molecule has 0 rings (SSSR count). The highest BCUT2D eigenvalue weighted by Crippen LogP contribution is 2.09. The van der Waals surface area contributed by atoms with E-state index in [0.29, 0.717) is 0 Å². The zero-order valence-corrected chi connectivity index (χ0v) is 16.0. The summed E-state index contributed by atoms with van der Waals surface area (Å²) in [4.78, 5) is 0. The maximum Gasteiger partial charge on any atom is -0.00369 e. The fraction of sp³-hybridized carbons (Fsp3) is 0.905. The Kier molecular flexibility index (Phi) is 21.3. The van der Waals surface area contributed by atoms with Gasteiger partial charge in [-0.2, -0.15) is 0 Å². The van der Waals surface area contributed by atoms with Gasteiger partial charge in [0.05, 0.1) is 0 Å². The average molecular weight is 325 g/mol. The molecule has 0 aromatic carbocycles. The zero-order valence-electron chi connectivity index (χ0n) is 16.0. The van der Waals surface area contributed by atoms with Gasteiger partial charge in [-0.05, 0) is 58.2 Å². The van der Waals surface area contributed by atoms with Gasteiger partial charge < -0.3 is 11.1 Å². The number of allylic oxidation sites excluding steroid dienone is 2. The molecule has 2 heteroatoms. The van der Waals surface area contributed by atoms with Crippen LogP contribution in [0.3, 0.4) is 0 Å². The van der Waals surface area contributed by atoms with Crippen molar-refractivity contribution in [3.8, 4) is 0 Å². The van der Waals surface area contributed by atoms with E-state index >= 15 is 0 Å². The molecule has 0 aliphatic heterocycles. The predicted molar refractivity (Wildman–Crippen MR) is 106 cm³/mol. The van der Waals surface area contributed by atoms with Gasteiger partial charge in [0.2, 0.25) is 0 Å². The summed E-state index contributed by atoms with van der Waals surface area (Å²) in [5.41, 5.74) is 5.46. The normalized spacial score (nSPS) is 11.6. The molecule has 0 aliphatic carbocycles. The van der Waals surface area contributed by atoms with Crippen molar-refractivity contribution in [1.82, 2.24) is 5.32 Å². The largest absolute Gasteiger partial charge is 0.330 e. The second-order valence-corrected chi connectivity index (χ2v) is 6.83. The first-order valence-corrected chi connectivity index (χ1v) is 10.5. The van der Waals surface area contributed by atoms with Crippen LogP contribution in [-0.2, 0) is 0 Å². The minimum atomic E-state index is 0.806. The average Bonchev–Trinajstić information content (AvgIpc) is 2.57. The number of nitrogens with one attached hydrogen (secondary N) is 1. The number of hydrogen-bond acceptors (Lipinski definition) is 2. The monoisotopic (exact) mass is 324 g/mol. The molecule has 0 aromatic rings. The smallest absolute Gasteiger partial charge is 0.00369 e. The van der Waals surface area contributed by atoms with E-state index in [9.17, 15) is 0 Å². The number of nitrogens with two attached hydrogens (primary N) is 1. The fourth-order valence-corrected chi connectivity index (χ4v) is 2.85. The van der Waals surface area contributed by atoms with E-state index in [-0.39, 0.29) is 0 Å². The third-order valence-corrected chi connectivity index (χ3v) is 4.42. The molecule has 0 heterocycles. The van der Waals surface area contributed by atoms with Crippen molar-refractivity contribution in [3.05, 3.63) is 12.2 Å². The molecule has 0 atom stereocenters. The second-order valence-electron chi connectivity index (χ2n) is 6.83. The third kappa shape index (κ3) is 21.7. The molecule has 0 bridgehead atoms. The second kappa shape index (κ2) is 21.7. The Morgan fingerprint density at radius 1 is 0.609 bits per heavy atom. The lowest BCUT2D eigenvalue weighted by molar-refractivity contribution is 0.562. The molecule has 0 saturated heterocycles. The van der Waals surface area contributed by atoms with Crippen LogP contribution in [0.2, 0.25) is 0 Å². The highest BCUT2D eigenvalue weighted by Gasteiger charge is 1.92. The predicted octanol–water partition coefficient (Wildman–Crippen LogP) is 5.96. The molecule has 0 aromatic heterocycles. The number of hydrogen-bond donors (Lipinski definition) is 2. The maximum atomic E-state index is 5.46. The molecule has 23 heavy (non-hydrogen) atoms. The van der Waals surface area contributed by atoms with E-state index in [1.807, 2.05) is 0 Å². The standard InChI is InChI=1S/C21H44N2/c1-2-3-4-5-6-7-8-9-10-11-12-13-14-15-16-17-20-23-21-18-19-22/h9-10,23H,2-8,11-22H2,1H3.